The number of carbonyl (C=O) groups excluding carboxylic acids is 1. The van der Waals surface area contributed by atoms with Gasteiger partial charge in [0.15, 0.2) is 11.5 Å². The maximum atomic E-state index is 12.2. The molecular formula is C21H23N3O5S. The summed E-state index contributed by atoms with van der Waals surface area (Å²) in [5, 5.41) is 11.2. The fourth-order valence-corrected chi connectivity index (χ4v) is 3.30. The fourth-order valence-electron chi connectivity index (χ4n) is 2.73. The van der Waals surface area contributed by atoms with Crippen LogP contribution in [0.15, 0.2) is 40.0 Å². The lowest BCUT2D eigenvalue weighted by atomic mass is 10.1. The number of hydrogen-bond acceptors (Lipinski definition) is 8. The molecule has 0 aliphatic heterocycles. The molecular weight excluding hydrogens is 406 g/mol. The number of rotatable bonds is 8. The zero-order chi connectivity index (χ0) is 21.7. The summed E-state index contributed by atoms with van der Waals surface area (Å²) in [5.74, 6) is 1.70. The molecule has 0 saturated heterocycles. The Kier molecular flexibility index (Phi) is 6.83. The van der Waals surface area contributed by atoms with Crippen molar-refractivity contribution in [1.82, 2.24) is 10.2 Å². The van der Waals surface area contributed by atoms with E-state index in [1.165, 1.54) is 26.9 Å². The number of ether oxygens (including phenoxy) is 3. The molecule has 1 heterocycles. The minimum atomic E-state index is -0.157. The molecule has 0 saturated carbocycles. The van der Waals surface area contributed by atoms with Gasteiger partial charge in [-0.2, -0.15) is 0 Å². The topological polar surface area (TPSA) is 95.7 Å². The monoisotopic (exact) mass is 429 g/mol. The summed E-state index contributed by atoms with van der Waals surface area (Å²) in [6.45, 7) is 4.03. The number of hydrogen-bond donors (Lipinski definition) is 1. The molecule has 0 radical (unpaired) electrons. The van der Waals surface area contributed by atoms with Crippen LogP contribution in [0.4, 0.5) is 5.69 Å². The van der Waals surface area contributed by atoms with E-state index in [2.05, 4.69) is 15.5 Å². The number of aryl methyl sites for hydroxylation is 2. The Morgan fingerprint density at radius 1 is 1.00 bits per heavy atom. The van der Waals surface area contributed by atoms with Crippen LogP contribution in [0.25, 0.3) is 11.5 Å². The van der Waals surface area contributed by atoms with Crippen LogP contribution >= 0.6 is 11.8 Å². The molecule has 0 fully saturated rings. The first-order valence-electron chi connectivity index (χ1n) is 9.09. The van der Waals surface area contributed by atoms with Gasteiger partial charge in [-0.1, -0.05) is 17.8 Å². The van der Waals surface area contributed by atoms with Crippen molar-refractivity contribution in [2.75, 3.05) is 32.4 Å². The second-order valence-corrected chi connectivity index (χ2v) is 7.35. The Hall–Kier alpha value is -3.20. The van der Waals surface area contributed by atoms with Crippen LogP contribution in [-0.2, 0) is 4.79 Å². The highest BCUT2D eigenvalue weighted by molar-refractivity contribution is 7.99. The van der Waals surface area contributed by atoms with Crippen LogP contribution in [0.1, 0.15) is 11.1 Å². The van der Waals surface area contributed by atoms with Gasteiger partial charge in [-0.05, 0) is 49.2 Å². The van der Waals surface area contributed by atoms with Crippen molar-refractivity contribution in [3.63, 3.8) is 0 Å². The molecule has 0 atom stereocenters. The third kappa shape index (κ3) is 4.85. The zero-order valence-corrected chi connectivity index (χ0v) is 18.3. The first-order valence-corrected chi connectivity index (χ1v) is 10.1. The van der Waals surface area contributed by atoms with Crippen LogP contribution < -0.4 is 19.5 Å². The normalized spacial score (nSPS) is 10.6. The molecule has 0 aliphatic rings. The summed E-state index contributed by atoms with van der Waals surface area (Å²) in [7, 11) is 4.60. The van der Waals surface area contributed by atoms with Crippen LogP contribution in [0.5, 0.6) is 17.2 Å². The molecule has 1 amide bonds. The SMILES string of the molecule is COc1cc(-c2nnc(SCC(=O)Nc3ccc(C)c(C)c3)o2)cc(OC)c1OC. The standard InChI is InChI=1S/C21H23N3O5S/c1-12-6-7-15(8-13(12)2)22-18(25)11-30-21-24-23-20(29-21)14-9-16(26-3)19(28-5)17(10-14)27-4/h6-10H,11H2,1-5H3,(H,22,25). The van der Waals surface area contributed by atoms with Gasteiger partial charge in [0.2, 0.25) is 17.5 Å². The van der Waals surface area contributed by atoms with E-state index >= 15 is 0 Å². The van der Waals surface area contributed by atoms with E-state index in [0.29, 0.717) is 22.8 Å². The van der Waals surface area contributed by atoms with Gasteiger partial charge in [0.1, 0.15) is 0 Å². The first-order chi connectivity index (χ1) is 14.4. The molecule has 2 aromatic carbocycles. The number of methoxy groups -OCH3 is 3. The summed E-state index contributed by atoms with van der Waals surface area (Å²) < 4.78 is 21.7. The average Bonchev–Trinajstić information content (AvgIpc) is 3.23. The van der Waals surface area contributed by atoms with Crippen molar-refractivity contribution >= 4 is 23.4 Å². The van der Waals surface area contributed by atoms with Crippen molar-refractivity contribution < 1.29 is 23.4 Å². The molecule has 9 heteroatoms. The second kappa shape index (κ2) is 9.53. The van der Waals surface area contributed by atoms with E-state index in [1.54, 1.807) is 12.1 Å². The van der Waals surface area contributed by atoms with Gasteiger partial charge in [-0.3, -0.25) is 4.79 Å². The number of carbonyl (C=O) groups is 1. The van der Waals surface area contributed by atoms with Gasteiger partial charge in [0.25, 0.3) is 5.22 Å². The van der Waals surface area contributed by atoms with Crippen molar-refractivity contribution in [2.45, 2.75) is 19.1 Å². The van der Waals surface area contributed by atoms with E-state index in [4.69, 9.17) is 18.6 Å². The number of amides is 1. The van der Waals surface area contributed by atoms with Gasteiger partial charge in [-0.15, -0.1) is 10.2 Å². The lowest BCUT2D eigenvalue weighted by Crippen LogP contribution is -2.14. The highest BCUT2D eigenvalue weighted by Gasteiger charge is 2.18. The number of benzene rings is 2. The smallest absolute Gasteiger partial charge is 0.277 e. The molecule has 30 heavy (non-hydrogen) atoms. The molecule has 3 aromatic rings. The Morgan fingerprint density at radius 3 is 2.30 bits per heavy atom. The number of thioether (sulfide) groups is 1. The van der Waals surface area contributed by atoms with Crippen molar-refractivity contribution in [1.29, 1.82) is 0 Å². The van der Waals surface area contributed by atoms with E-state index in [9.17, 15) is 4.79 Å². The van der Waals surface area contributed by atoms with E-state index in [1.807, 2.05) is 32.0 Å². The molecule has 3 rings (SSSR count). The van der Waals surface area contributed by atoms with Crippen LogP contribution in [0.3, 0.4) is 0 Å². The molecule has 0 spiro atoms. The summed E-state index contributed by atoms with van der Waals surface area (Å²) in [6, 6.07) is 9.22. The summed E-state index contributed by atoms with van der Waals surface area (Å²) in [4.78, 5) is 12.2. The van der Waals surface area contributed by atoms with Gasteiger partial charge < -0.3 is 23.9 Å². The molecule has 0 aliphatic carbocycles. The van der Waals surface area contributed by atoms with Crippen molar-refractivity contribution in [2.24, 2.45) is 0 Å². The summed E-state index contributed by atoms with van der Waals surface area (Å²) in [5.41, 5.74) is 3.66. The van der Waals surface area contributed by atoms with E-state index in [-0.39, 0.29) is 22.8 Å². The predicted octanol–water partition coefficient (Wildman–Crippen LogP) is 4.11. The number of nitrogens with zero attached hydrogens (tertiary/aromatic N) is 2. The minimum absolute atomic E-state index is 0.143. The zero-order valence-electron chi connectivity index (χ0n) is 17.4. The first kappa shape index (κ1) is 21.5. The fraction of sp³-hybridized carbons (Fsp3) is 0.286. The second-order valence-electron chi connectivity index (χ2n) is 6.42. The Bertz CT molecular complexity index is 1030. The minimum Gasteiger partial charge on any atom is -0.493 e. The molecule has 158 valence electrons. The average molecular weight is 429 g/mol. The highest BCUT2D eigenvalue weighted by Crippen LogP contribution is 2.41. The largest absolute Gasteiger partial charge is 0.493 e. The molecule has 1 N–H and O–H groups in total. The maximum absolute atomic E-state index is 12.2. The maximum Gasteiger partial charge on any atom is 0.277 e. The van der Waals surface area contributed by atoms with Gasteiger partial charge >= 0.3 is 0 Å². The summed E-state index contributed by atoms with van der Waals surface area (Å²) in [6.07, 6.45) is 0. The van der Waals surface area contributed by atoms with Gasteiger partial charge in [-0.25, -0.2) is 0 Å². The van der Waals surface area contributed by atoms with Gasteiger partial charge in [0, 0.05) is 11.3 Å². The van der Waals surface area contributed by atoms with E-state index in [0.717, 1.165) is 23.0 Å². The molecule has 0 bridgehead atoms. The Labute approximate surface area is 178 Å². The van der Waals surface area contributed by atoms with Crippen LogP contribution in [-0.4, -0.2) is 43.2 Å². The summed E-state index contributed by atoms with van der Waals surface area (Å²) >= 11 is 1.16. The molecule has 1 aromatic heterocycles. The Morgan fingerprint density at radius 2 is 1.70 bits per heavy atom. The van der Waals surface area contributed by atoms with Crippen molar-refractivity contribution in [3.8, 4) is 28.7 Å². The van der Waals surface area contributed by atoms with Gasteiger partial charge in [0.05, 0.1) is 27.1 Å². The lowest BCUT2D eigenvalue weighted by molar-refractivity contribution is -0.113. The van der Waals surface area contributed by atoms with Crippen LogP contribution in [0.2, 0.25) is 0 Å². The molecule has 8 nitrogen and oxygen atoms in total. The lowest BCUT2D eigenvalue weighted by Gasteiger charge is -2.12. The van der Waals surface area contributed by atoms with E-state index < -0.39 is 0 Å². The third-order valence-electron chi connectivity index (χ3n) is 4.44. The molecule has 0 unspecified atom stereocenters. The quantitative estimate of drug-likeness (QED) is 0.535. The van der Waals surface area contributed by atoms with Crippen LogP contribution in [0, 0.1) is 13.8 Å². The number of anilines is 1. The number of nitrogens with one attached hydrogen (secondary N) is 1. The predicted molar refractivity (Wildman–Crippen MR) is 115 cm³/mol. The highest BCUT2D eigenvalue weighted by atomic mass is 32.2. The Balaban J connectivity index is 1.68. The number of aromatic nitrogens is 2. The third-order valence-corrected chi connectivity index (χ3v) is 5.25. The van der Waals surface area contributed by atoms with Crippen molar-refractivity contribution in [3.05, 3.63) is 41.5 Å².